The van der Waals surface area contributed by atoms with Crippen LogP contribution in [0.5, 0.6) is 0 Å². The van der Waals surface area contributed by atoms with E-state index in [1.54, 1.807) is 42.6 Å². The summed E-state index contributed by atoms with van der Waals surface area (Å²) < 4.78 is 0.695. The topological polar surface area (TPSA) is 83.1 Å². The molecule has 0 aliphatic carbocycles. The van der Waals surface area contributed by atoms with Crippen LogP contribution in [-0.2, 0) is 0 Å². The predicted octanol–water partition coefficient (Wildman–Crippen LogP) is 4.53. The molecule has 0 aliphatic heterocycles. The molecule has 0 fully saturated rings. The lowest BCUT2D eigenvalue weighted by Gasteiger charge is -2.12. The van der Waals surface area contributed by atoms with Gasteiger partial charge in [-0.15, -0.1) is 0 Å². The van der Waals surface area contributed by atoms with Gasteiger partial charge >= 0.3 is 0 Å². The fraction of sp³-hybridized carbons (Fsp3) is 0.0476. The molecule has 0 aliphatic rings. The van der Waals surface area contributed by atoms with Crippen molar-refractivity contribution in [3.63, 3.8) is 0 Å². The Morgan fingerprint density at radius 1 is 0.931 bits per heavy atom. The third-order valence-electron chi connectivity index (χ3n) is 3.96. The molecule has 2 amide bonds. The highest BCUT2D eigenvalue weighted by atomic mass is 79.9. The minimum atomic E-state index is -0.375. The molecular weight excluding hydrogens is 452 g/mol. The second kappa shape index (κ2) is 9.40. The maximum atomic E-state index is 12.5. The number of hydrogen-bond donors (Lipinski definition) is 3. The quantitative estimate of drug-likeness (QED) is 0.489. The summed E-state index contributed by atoms with van der Waals surface area (Å²) in [5.74, 6) is -0.571. The first-order valence-corrected chi connectivity index (χ1v) is 9.82. The van der Waals surface area contributed by atoms with Crippen LogP contribution in [0.2, 0.25) is 0 Å². The highest BCUT2D eigenvalue weighted by Gasteiger charge is 2.11. The molecule has 3 N–H and O–H groups in total. The molecule has 8 heteroatoms. The number of carbonyl (C=O) groups is 2. The molecule has 29 heavy (non-hydrogen) atoms. The van der Waals surface area contributed by atoms with Gasteiger partial charge in [0.2, 0.25) is 0 Å². The third kappa shape index (κ3) is 5.69. The van der Waals surface area contributed by atoms with Crippen molar-refractivity contribution in [3.8, 4) is 0 Å². The second-order valence-corrected chi connectivity index (χ2v) is 7.47. The lowest BCUT2D eigenvalue weighted by atomic mass is 10.1. The van der Waals surface area contributed by atoms with E-state index >= 15 is 0 Å². The van der Waals surface area contributed by atoms with Gasteiger partial charge in [0.05, 0.1) is 5.56 Å². The van der Waals surface area contributed by atoms with E-state index in [4.69, 9.17) is 12.2 Å². The van der Waals surface area contributed by atoms with Crippen molar-refractivity contribution in [1.82, 2.24) is 10.3 Å². The Morgan fingerprint density at radius 3 is 2.38 bits per heavy atom. The minimum Gasteiger partial charge on any atom is -0.332 e. The molecule has 0 saturated carbocycles. The van der Waals surface area contributed by atoms with Gasteiger partial charge in [-0.05, 0) is 71.0 Å². The Morgan fingerprint density at radius 2 is 1.66 bits per heavy atom. The standard InChI is InChI=1S/C21H17BrN4O2S/c1-13-5-2-3-8-18(13)20(28)24-16-6-4-7-17(10-16)25-21(29)26-19(27)14-9-15(22)12-23-11-14/h2-12H,1H3,(H,24,28)(H2,25,26,27,29). The Balaban J connectivity index is 1.63. The average molecular weight is 469 g/mol. The number of aromatic nitrogens is 1. The first kappa shape index (κ1) is 20.6. The van der Waals surface area contributed by atoms with Gasteiger partial charge in [-0.2, -0.15) is 0 Å². The first-order chi connectivity index (χ1) is 13.9. The Hall–Kier alpha value is -3.10. The van der Waals surface area contributed by atoms with Crippen molar-refractivity contribution in [2.24, 2.45) is 0 Å². The molecule has 3 aromatic rings. The number of hydrogen-bond acceptors (Lipinski definition) is 4. The van der Waals surface area contributed by atoms with Gasteiger partial charge in [-0.25, -0.2) is 0 Å². The number of aryl methyl sites for hydroxylation is 1. The maximum Gasteiger partial charge on any atom is 0.259 e. The summed E-state index contributed by atoms with van der Waals surface area (Å²) in [4.78, 5) is 28.7. The fourth-order valence-corrected chi connectivity index (χ4v) is 3.15. The molecule has 0 saturated heterocycles. The molecule has 1 heterocycles. The largest absolute Gasteiger partial charge is 0.332 e. The number of pyridine rings is 1. The molecule has 0 spiro atoms. The zero-order valence-electron chi connectivity index (χ0n) is 15.4. The van der Waals surface area contributed by atoms with E-state index in [0.29, 0.717) is 27.0 Å². The number of thiocarbonyl (C=S) groups is 1. The van der Waals surface area contributed by atoms with Gasteiger partial charge in [-0.1, -0.05) is 24.3 Å². The van der Waals surface area contributed by atoms with Gasteiger partial charge in [0.25, 0.3) is 11.8 Å². The lowest BCUT2D eigenvalue weighted by molar-refractivity contribution is 0.0976. The van der Waals surface area contributed by atoms with E-state index in [-0.39, 0.29) is 16.9 Å². The zero-order chi connectivity index (χ0) is 20.8. The smallest absolute Gasteiger partial charge is 0.259 e. The van der Waals surface area contributed by atoms with Crippen molar-refractivity contribution in [2.75, 3.05) is 10.6 Å². The third-order valence-corrected chi connectivity index (χ3v) is 4.60. The van der Waals surface area contributed by atoms with Crippen LogP contribution in [0.3, 0.4) is 0 Å². The monoisotopic (exact) mass is 468 g/mol. The van der Waals surface area contributed by atoms with E-state index in [0.717, 1.165) is 5.56 Å². The number of rotatable bonds is 4. The van der Waals surface area contributed by atoms with Crippen LogP contribution < -0.4 is 16.0 Å². The molecule has 0 bridgehead atoms. The molecular formula is C21H17BrN4O2S. The maximum absolute atomic E-state index is 12.5. The fourth-order valence-electron chi connectivity index (χ4n) is 2.57. The van der Waals surface area contributed by atoms with Gasteiger partial charge in [0.1, 0.15) is 0 Å². The summed E-state index contributed by atoms with van der Waals surface area (Å²) in [6, 6.07) is 16.1. The van der Waals surface area contributed by atoms with E-state index in [2.05, 4.69) is 36.9 Å². The Labute approximate surface area is 181 Å². The normalized spacial score (nSPS) is 10.1. The number of halogens is 1. The van der Waals surface area contributed by atoms with E-state index in [1.165, 1.54) is 6.20 Å². The van der Waals surface area contributed by atoms with Crippen LogP contribution >= 0.6 is 28.1 Å². The lowest BCUT2D eigenvalue weighted by Crippen LogP contribution is -2.34. The van der Waals surface area contributed by atoms with E-state index in [9.17, 15) is 9.59 Å². The van der Waals surface area contributed by atoms with E-state index in [1.807, 2.05) is 25.1 Å². The molecule has 0 radical (unpaired) electrons. The number of nitrogens with one attached hydrogen (secondary N) is 3. The van der Waals surface area contributed by atoms with Crippen molar-refractivity contribution in [2.45, 2.75) is 6.92 Å². The summed E-state index contributed by atoms with van der Waals surface area (Å²) >= 11 is 8.48. The molecule has 146 valence electrons. The number of nitrogens with zero attached hydrogens (tertiary/aromatic N) is 1. The van der Waals surface area contributed by atoms with Crippen molar-refractivity contribution < 1.29 is 9.59 Å². The average Bonchev–Trinajstić information content (AvgIpc) is 2.68. The van der Waals surface area contributed by atoms with Crippen molar-refractivity contribution >= 4 is 56.4 Å². The van der Waals surface area contributed by atoms with Crippen LogP contribution in [0.15, 0.2) is 71.5 Å². The molecule has 3 rings (SSSR count). The number of amides is 2. The highest BCUT2D eigenvalue weighted by Crippen LogP contribution is 2.17. The van der Waals surface area contributed by atoms with Crippen molar-refractivity contribution in [1.29, 1.82) is 0 Å². The Kier molecular flexibility index (Phi) is 6.69. The summed E-state index contributed by atoms with van der Waals surface area (Å²) in [6.07, 6.45) is 3.04. The zero-order valence-corrected chi connectivity index (χ0v) is 17.8. The van der Waals surface area contributed by atoms with Crippen LogP contribution in [0.1, 0.15) is 26.3 Å². The summed E-state index contributed by atoms with van der Waals surface area (Å²) in [5.41, 5.74) is 3.11. The molecule has 6 nitrogen and oxygen atoms in total. The molecule has 0 atom stereocenters. The van der Waals surface area contributed by atoms with Crippen LogP contribution in [0.4, 0.5) is 11.4 Å². The second-order valence-electron chi connectivity index (χ2n) is 6.15. The summed E-state index contributed by atoms with van der Waals surface area (Å²) in [5, 5.41) is 8.54. The first-order valence-electron chi connectivity index (χ1n) is 8.62. The van der Waals surface area contributed by atoms with Crippen molar-refractivity contribution in [3.05, 3.63) is 88.2 Å². The summed E-state index contributed by atoms with van der Waals surface area (Å²) in [7, 11) is 0. The highest BCUT2D eigenvalue weighted by molar-refractivity contribution is 9.10. The van der Waals surface area contributed by atoms with Crippen LogP contribution in [0, 0.1) is 6.92 Å². The van der Waals surface area contributed by atoms with Gasteiger partial charge < -0.3 is 10.6 Å². The van der Waals surface area contributed by atoms with Gasteiger partial charge in [0.15, 0.2) is 5.11 Å². The number of carbonyl (C=O) groups excluding carboxylic acids is 2. The molecule has 0 unspecified atom stereocenters. The van der Waals surface area contributed by atoms with E-state index < -0.39 is 0 Å². The van der Waals surface area contributed by atoms with Gasteiger partial charge in [-0.3, -0.25) is 19.9 Å². The van der Waals surface area contributed by atoms with Crippen LogP contribution in [0.25, 0.3) is 0 Å². The molecule has 2 aromatic carbocycles. The minimum absolute atomic E-state index is 0.136. The van der Waals surface area contributed by atoms with Crippen LogP contribution in [-0.4, -0.2) is 21.9 Å². The van der Waals surface area contributed by atoms with Gasteiger partial charge in [0, 0.05) is 33.8 Å². The Bertz CT molecular complexity index is 1090. The summed E-state index contributed by atoms with van der Waals surface area (Å²) in [6.45, 7) is 1.88. The SMILES string of the molecule is Cc1ccccc1C(=O)Nc1cccc(NC(=S)NC(=O)c2cncc(Br)c2)c1. The number of anilines is 2. The predicted molar refractivity (Wildman–Crippen MR) is 121 cm³/mol. The molecule has 1 aromatic heterocycles. The number of benzene rings is 2.